The van der Waals surface area contributed by atoms with Gasteiger partial charge in [0.25, 0.3) is 5.91 Å². The van der Waals surface area contributed by atoms with Crippen molar-refractivity contribution >= 4 is 23.5 Å². The van der Waals surface area contributed by atoms with Gasteiger partial charge < -0.3 is 10.2 Å². The van der Waals surface area contributed by atoms with Crippen LogP contribution < -0.4 is 10.2 Å². The zero-order valence-corrected chi connectivity index (χ0v) is 13.0. The highest BCUT2D eigenvalue weighted by Gasteiger charge is 2.08. The van der Waals surface area contributed by atoms with E-state index < -0.39 is 0 Å². The van der Waals surface area contributed by atoms with E-state index in [2.05, 4.69) is 15.3 Å². The molecule has 2 aromatic rings. The summed E-state index contributed by atoms with van der Waals surface area (Å²) >= 11 is 5.88. The summed E-state index contributed by atoms with van der Waals surface area (Å²) in [6, 6.07) is 8.68. The molecule has 0 fully saturated rings. The molecule has 0 saturated carbocycles. The minimum absolute atomic E-state index is 0.180. The maximum atomic E-state index is 12.1. The third kappa shape index (κ3) is 4.16. The topological polar surface area (TPSA) is 58.1 Å². The minimum Gasteiger partial charge on any atom is -0.347 e. The first kappa shape index (κ1) is 15.3. The van der Waals surface area contributed by atoms with E-state index in [9.17, 15) is 4.79 Å². The summed E-state index contributed by atoms with van der Waals surface area (Å²) in [6.45, 7) is 2.24. The molecular weight excluding hydrogens is 288 g/mol. The fourth-order valence-corrected chi connectivity index (χ4v) is 2.00. The Morgan fingerprint density at radius 1 is 1.29 bits per heavy atom. The molecule has 0 bridgehead atoms. The molecule has 2 rings (SSSR count). The van der Waals surface area contributed by atoms with Gasteiger partial charge in [0.05, 0.1) is 12.2 Å². The summed E-state index contributed by atoms with van der Waals surface area (Å²) in [5.74, 6) is 0.446. The molecule has 0 saturated heterocycles. The smallest absolute Gasteiger partial charge is 0.251 e. The van der Waals surface area contributed by atoms with Crippen LogP contribution in [0.1, 0.15) is 21.7 Å². The number of nitrogens with one attached hydrogen (secondary N) is 1. The SMILES string of the molecule is Cc1cc(CNC(=O)c2cccc(Cl)c2)nc(N(C)C)n1. The highest BCUT2D eigenvalue weighted by Crippen LogP contribution is 2.11. The van der Waals surface area contributed by atoms with Gasteiger partial charge in [-0.1, -0.05) is 17.7 Å². The molecule has 0 spiro atoms. The number of hydrogen-bond acceptors (Lipinski definition) is 4. The Labute approximate surface area is 129 Å². The summed E-state index contributed by atoms with van der Waals surface area (Å²) in [4.78, 5) is 22.6. The van der Waals surface area contributed by atoms with Gasteiger partial charge in [0.15, 0.2) is 0 Å². The first-order valence-corrected chi connectivity index (χ1v) is 6.89. The number of aryl methyl sites for hydroxylation is 1. The van der Waals surface area contributed by atoms with E-state index in [1.54, 1.807) is 24.3 Å². The van der Waals surface area contributed by atoms with Crippen LogP contribution in [0.15, 0.2) is 30.3 Å². The largest absolute Gasteiger partial charge is 0.347 e. The quantitative estimate of drug-likeness (QED) is 0.942. The van der Waals surface area contributed by atoms with E-state index >= 15 is 0 Å². The van der Waals surface area contributed by atoms with Crippen LogP contribution in [0.2, 0.25) is 5.02 Å². The maximum absolute atomic E-state index is 12.1. The van der Waals surface area contributed by atoms with Gasteiger partial charge in [0.1, 0.15) is 0 Å². The number of amides is 1. The third-order valence-electron chi connectivity index (χ3n) is 2.81. The number of anilines is 1. The lowest BCUT2D eigenvalue weighted by atomic mass is 10.2. The minimum atomic E-state index is -0.180. The maximum Gasteiger partial charge on any atom is 0.251 e. The van der Waals surface area contributed by atoms with Crippen LogP contribution in [0, 0.1) is 6.92 Å². The second kappa shape index (κ2) is 6.54. The average Bonchev–Trinajstić information content (AvgIpc) is 2.44. The fourth-order valence-electron chi connectivity index (χ4n) is 1.81. The van der Waals surface area contributed by atoms with Crippen LogP contribution in [-0.4, -0.2) is 30.0 Å². The Hall–Kier alpha value is -2.14. The second-order valence-corrected chi connectivity index (χ2v) is 5.32. The zero-order chi connectivity index (χ0) is 15.4. The monoisotopic (exact) mass is 304 g/mol. The van der Waals surface area contributed by atoms with Crippen LogP contribution in [0.25, 0.3) is 0 Å². The van der Waals surface area contributed by atoms with E-state index in [1.807, 2.05) is 32.0 Å². The van der Waals surface area contributed by atoms with Gasteiger partial charge >= 0.3 is 0 Å². The van der Waals surface area contributed by atoms with Crippen molar-refractivity contribution in [3.63, 3.8) is 0 Å². The molecule has 1 aromatic carbocycles. The van der Waals surface area contributed by atoms with Crippen molar-refractivity contribution in [2.24, 2.45) is 0 Å². The van der Waals surface area contributed by atoms with Gasteiger partial charge in [0.2, 0.25) is 5.95 Å². The molecule has 1 heterocycles. The summed E-state index contributed by atoms with van der Waals surface area (Å²) < 4.78 is 0. The van der Waals surface area contributed by atoms with Gasteiger partial charge in [-0.05, 0) is 31.2 Å². The molecule has 0 unspecified atom stereocenters. The second-order valence-electron chi connectivity index (χ2n) is 4.89. The lowest BCUT2D eigenvalue weighted by molar-refractivity contribution is 0.0950. The lowest BCUT2D eigenvalue weighted by Gasteiger charge is -2.12. The van der Waals surface area contributed by atoms with E-state index in [0.717, 1.165) is 11.4 Å². The fraction of sp³-hybridized carbons (Fsp3) is 0.267. The first-order valence-electron chi connectivity index (χ1n) is 6.51. The Bertz CT molecular complexity index is 658. The molecule has 6 heteroatoms. The number of rotatable bonds is 4. The first-order chi connectivity index (χ1) is 9.95. The van der Waals surface area contributed by atoms with Gasteiger partial charge in [-0.2, -0.15) is 0 Å². The zero-order valence-electron chi connectivity index (χ0n) is 12.2. The van der Waals surface area contributed by atoms with Crippen molar-refractivity contribution in [1.29, 1.82) is 0 Å². The summed E-state index contributed by atoms with van der Waals surface area (Å²) in [6.07, 6.45) is 0. The molecular formula is C15H17ClN4O. The number of hydrogen-bond donors (Lipinski definition) is 1. The molecule has 21 heavy (non-hydrogen) atoms. The normalized spacial score (nSPS) is 10.3. The average molecular weight is 305 g/mol. The number of benzene rings is 1. The van der Waals surface area contributed by atoms with Crippen LogP contribution in [0.4, 0.5) is 5.95 Å². The molecule has 0 aliphatic carbocycles. The van der Waals surface area contributed by atoms with Gasteiger partial charge in [0, 0.05) is 30.4 Å². The third-order valence-corrected chi connectivity index (χ3v) is 3.05. The highest BCUT2D eigenvalue weighted by molar-refractivity contribution is 6.30. The number of aromatic nitrogens is 2. The lowest BCUT2D eigenvalue weighted by Crippen LogP contribution is -2.24. The summed E-state index contributed by atoms with van der Waals surface area (Å²) in [5, 5.41) is 3.37. The van der Waals surface area contributed by atoms with Gasteiger partial charge in [-0.25, -0.2) is 9.97 Å². The standard InChI is InChI=1S/C15H17ClN4O/c1-10-7-13(19-15(18-10)20(2)3)9-17-14(21)11-5-4-6-12(16)8-11/h4-8H,9H2,1-3H3,(H,17,21). The van der Waals surface area contributed by atoms with Crippen LogP contribution in [0.5, 0.6) is 0 Å². The molecule has 1 N–H and O–H groups in total. The molecule has 1 amide bonds. The van der Waals surface area contributed by atoms with Crippen LogP contribution >= 0.6 is 11.6 Å². The van der Waals surface area contributed by atoms with Crippen LogP contribution in [0.3, 0.4) is 0 Å². The number of nitrogens with zero attached hydrogens (tertiary/aromatic N) is 3. The summed E-state index contributed by atoms with van der Waals surface area (Å²) in [5.41, 5.74) is 2.16. The van der Waals surface area contributed by atoms with Crippen molar-refractivity contribution in [2.75, 3.05) is 19.0 Å². The van der Waals surface area contributed by atoms with E-state index in [0.29, 0.717) is 23.1 Å². The van der Waals surface area contributed by atoms with Gasteiger partial charge in [-0.3, -0.25) is 4.79 Å². The molecule has 0 aliphatic rings. The molecule has 1 aromatic heterocycles. The van der Waals surface area contributed by atoms with Crippen molar-refractivity contribution in [3.8, 4) is 0 Å². The van der Waals surface area contributed by atoms with E-state index in [-0.39, 0.29) is 5.91 Å². The Balaban J connectivity index is 2.08. The number of carbonyl (C=O) groups is 1. The highest BCUT2D eigenvalue weighted by atomic mass is 35.5. The molecule has 0 radical (unpaired) electrons. The van der Waals surface area contributed by atoms with E-state index in [4.69, 9.17) is 11.6 Å². The Morgan fingerprint density at radius 2 is 2.05 bits per heavy atom. The molecule has 5 nitrogen and oxygen atoms in total. The van der Waals surface area contributed by atoms with Crippen LogP contribution in [-0.2, 0) is 6.54 Å². The molecule has 0 atom stereocenters. The van der Waals surface area contributed by atoms with Crippen molar-refractivity contribution < 1.29 is 4.79 Å². The van der Waals surface area contributed by atoms with Gasteiger partial charge in [-0.15, -0.1) is 0 Å². The van der Waals surface area contributed by atoms with Crippen molar-refractivity contribution in [3.05, 3.63) is 52.3 Å². The Morgan fingerprint density at radius 3 is 2.71 bits per heavy atom. The van der Waals surface area contributed by atoms with Crippen molar-refractivity contribution in [1.82, 2.24) is 15.3 Å². The summed E-state index contributed by atoms with van der Waals surface area (Å²) in [7, 11) is 3.76. The number of halogens is 1. The van der Waals surface area contributed by atoms with Crippen molar-refractivity contribution in [2.45, 2.75) is 13.5 Å². The molecule has 110 valence electrons. The predicted octanol–water partition coefficient (Wildman–Crippen LogP) is 2.43. The Kier molecular flexibility index (Phi) is 4.75. The number of carbonyl (C=O) groups excluding carboxylic acids is 1. The van der Waals surface area contributed by atoms with E-state index in [1.165, 1.54) is 0 Å². The molecule has 0 aliphatic heterocycles. The predicted molar refractivity (Wildman–Crippen MR) is 83.7 cm³/mol.